The summed E-state index contributed by atoms with van der Waals surface area (Å²) >= 11 is 3.23. The maximum atomic E-state index is 13.0. The molecule has 1 atom stereocenters. The molecule has 1 aliphatic rings. The van der Waals surface area contributed by atoms with Gasteiger partial charge in [0, 0.05) is 17.6 Å². The number of rotatable bonds is 3. The van der Waals surface area contributed by atoms with Crippen molar-refractivity contribution in [3.05, 3.63) is 34.1 Å². The van der Waals surface area contributed by atoms with E-state index in [9.17, 15) is 14.0 Å². The molecule has 2 N–H and O–H groups in total. The van der Waals surface area contributed by atoms with Gasteiger partial charge in [0.05, 0.1) is 6.54 Å². The molecule has 1 unspecified atom stereocenters. The molecule has 0 bridgehead atoms. The first-order chi connectivity index (χ1) is 8.97. The number of piperazine rings is 1. The second kappa shape index (κ2) is 5.66. The highest BCUT2D eigenvalue weighted by Gasteiger charge is 2.31. The van der Waals surface area contributed by atoms with Gasteiger partial charge in [-0.1, -0.05) is 22.0 Å². The smallest absolute Gasteiger partial charge is 0.322 e. The molecule has 1 aromatic rings. The van der Waals surface area contributed by atoms with Crippen LogP contribution in [0.2, 0.25) is 0 Å². The summed E-state index contributed by atoms with van der Waals surface area (Å²) in [4.78, 5) is 24.0. The van der Waals surface area contributed by atoms with Crippen LogP contribution in [0.25, 0.3) is 0 Å². The predicted molar refractivity (Wildman–Crippen MR) is 68.9 cm³/mol. The minimum atomic E-state index is -0.988. The van der Waals surface area contributed by atoms with Crippen LogP contribution >= 0.6 is 15.9 Å². The van der Waals surface area contributed by atoms with E-state index in [1.165, 1.54) is 12.1 Å². The summed E-state index contributed by atoms with van der Waals surface area (Å²) in [6.45, 7) is 0.360. The third kappa shape index (κ3) is 3.30. The van der Waals surface area contributed by atoms with E-state index in [1.807, 2.05) is 0 Å². The van der Waals surface area contributed by atoms with E-state index in [2.05, 4.69) is 21.2 Å². The highest BCUT2D eigenvalue weighted by atomic mass is 79.9. The zero-order valence-electron chi connectivity index (χ0n) is 9.90. The number of benzene rings is 1. The van der Waals surface area contributed by atoms with Crippen LogP contribution in [0.4, 0.5) is 4.39 Å². The van der Waals surface area contributed by atoms with E-state index in [-0.39, 0.29) is 31.4 Å². The monoisotopic (exact) mass is 330 g/mol. The molecule has 0 saturated carbocycles. The zero-order valence-corrected chi connectivity index (χ0v) is 11.5. The van der Waals surface area contributed by atoms with Gasteiger partial charge in [-0.15, -0.1) is 0 Å². The highest BCUT2D eigenvalue weighted by molar-refractivity contribution is 9.10. The summed E-state index contributed by atoms with van der Waals surface area (Å²) in [5.74, 6) is -1.57. The lowest BCUT2D eigenvalue weighted by Crippen LogP contribution is -2.56. The van der Waals surface area contributed by atoms with E-state index >= 15 is 0 Å². The molecule has 1 amide bonds. The largest absolute Gasteiger partial charge is 0.480 e. The van der Waals surface area contributed by atoms with E-state index in [1.54, 1.807) is 11.0 Å². The molecule has 2 rings (SSSR count). The molecule has 1 heterocycles. The number of hydrogen-bond donors (Lipinski definition) is 2. The van der Waals surface area contributed by atoms with Crippen LogP contribution < -0.4 is 5.32 Å². The van der Waals surface area contributed by atoms with Crippen molar-refractivity contribution in [1.29, 1.82) is 0 Å². The molecule has 0 aromatic heterocycles. The molecule has 1 aliphatic heterocycles. The van der Waals surface area contributed by atoms with Crippen LogP contribution in [0.15, 0.2) is 22.7 Å². The number of halogens is 2. The third-order valence-electron chi connectivity index (χ3n) is 2.95. The Kier molecular flexibility index (Phi) is 4.16. The van der Waals surface area contributed by atoms with Crippen LogP contribution in [0.5, 0.6) is 0 Å². The van der Waals surface area contributed by atoms with Gasteiger partial charge in [-0.3, -0.25) is 14.5 Å². The highest BCUT2D eigenvalue weighted by Crippen LogP contribution is 2.21. The summed E-state index contributed by atoms with van der Waals surface area (Å²) in [6.07, 6.45) is 0. The van der Waals surface area contributed by atoms with Gasteiger partial charge in [0.2, 0.25) is 5.91 Å². The lowest BCUT2D eigenvalue weighted by atomic mass is 10.1. The standard InChI is InChI=1S/C12H12BrFN2O3/c13-9-3-8(14)2-1-7(9)5-16-6-11(17)15-4-10(16)12(18)19/h1-3,10H,4-6H2,(H,15,17)(H,18,19). The molecule has 1 aromatic carbocycles. The van der Waals surface area contributed by atoms with Gasteiger partial charge in [-0.25, -0.2) is 4.39 Å². The Labute approximate surface area is 117 Å². The van der Waals surface area contributed by atoms with Gasteiger partial charge in [0.25, 0.3) is 0 Å². The van der Waals surface area contributed by atoms with Crippen molar-refractivity contribution in [3.8, 4) is 0 Å². The fourth-order valence-electron chi connectivity index (χ4n) is 1.97. The van der Waals surface area contributed by atoms with Crippen LogP contribution in [0.3, 0.4) is 0 Å². The molecule has 1 saturated heterocycles. The number of nitrogens with zero attached hydrogens (tertiary/aromatic N) is 1. The second-order valence-corrected chi connectivity index (χ2v) is 5.15. The Morgan fingerprint density at radius 1 is 1.58 bits per heavy atom. The van der Waals surface area contributed by atoms with Crippen molar-refractivity contribution in [1.82, 2.24) is 10.2 Å². The molecule has 19 heavy (non-hydrogen) atoms. The molecule has 1 fully saturated rings. The number of nitrogens with one attached hydrogen (secondary N) is 1. The summed E-state index contributed by atoms with van der Waals surface area (Å²) < 4.78 is 13.5. The number of hydrogen-bond acceptors (Lipinski definition) is 3. The first-order valence-corrected chi connectivity index (χ1v) is 6.44. The predicted octanol–water partition coefficient (Wildman–Crippen LogP) is 0.973. The average molecular weight is 331 g/mol. The van der Waals surface area contributed by atoms with Crippen LogP contribution in [0, 0.1) is 5.82 Å². The third-order valence-corrected chi connectivity index (χ3v) is 3.69. The van der Waals surface area contributed by atoms with Gasteiger partial charge < -0.3 is 10.4 Å². The number of carboxylic acid groups (broad SMARTS) is 1. The number of amides is 1. The Hall–Kier alpha value is -1.47. The van der Waals surface area contributed by atoms with Gasteiger partial charge in [-0.05, 0) is 17.7 Å². The number of carbonyl (C=O) groups excluding carboxylic acids is 1. The Balaban J connectivity index is 2.18. The fourth-order valence-corrected chi connectivity index (χ4v) is 2.44. The Morgan fingerprint density at radius 2 is 2.32 bits per heavy atom. The summed E-state index contributed by atoms with van der Waals surface area (Å²) in [5, 5.41) is 11.6. The molecule has 102 valence electrons. The lowest BCUT2D eigenvalue weighted by Gasteiger charge is -2.32. The van der Waals surface area contributed by atoms with Crippen LogP contribution in [0.1, 0.15) is 5.56 Å². The van der Waals surface area contributed by atoms with E-state index in [0.29, 0.717) is 4.47 Å². The SMILES string of the molecule is O=C1CN(Cc2ccc(F)cc2Br)C(C(=O)O)CN1. The first kappa shape index (κ1) is 14.0. The topological polar surface area (TPSA) is 69.6 Å². The maximum Gasteiger partial charge on any atom is 0.322 e. The Morgan fingerprint density at radius 3 is 2.95 bits per heavy atom. The fraction of sp³-hybridized carbons (Fsp3) is 0.333. The molecule has 7 heteroatoms. The van der Waals surface area contributed by atoms with Crippen molar-refractivity contribution in [2.24, 2.45) is 0 Å². The minimum absolute atomic E-state index is 0.0147. The Bertz CT molecular complexity index is 524. The van der Waals surface area contributed by atoms with Crippen molar-refractivity contribution < 1.29 is 19.1 Å². The molecular weight excluding hydrogens is 319 g/mol. The average Bonchev–Trinajstić information content (AvgIpc) is 2.32. The first-order valence-electron chi connectivity index (χ1n) is 5.65. The normalized spacial score (nSPS) is 20.1. The molecule has 5 nitrogen and oxygen atoms in total. The quantitative estimate of drug-likeness (QED) is 0.866. The van der Waals surface area contributed by atoms with Crippen molar-refractivity contribution >= 4 is 27.8 Å². The van der Waals surface area contributed by atoms with Gasteiger partial charge in [-0.2, -0.15) is 0 Å². The van der Waals surface area contributed by atoms with Crippen LogP contribution in [-0.4, -0.2) is 41.0 Å². The van der Waals surface area contributed by atoms with Gasteiger partial charge in [0.15, 0.2) is 0 Å². The summed E-state index contributed by atoms with van der Waals surface area (Å²) in [6, 6.07) is 3.43. The van der Waals surface area contributed by atoms with E-state index in [4.69, 9.17) is 5.11 Å². The zero-order chi connectivity index (χ0) is 14.0. The van der Waals surface area contributed by atoms with E-state index in [0.717, 1.165) is 5.56 Å². The second-order valence-electron chi connectivity index (χ2n) is 4.30. The minimum Gasteiger partial charge on any atom is -0.480 e. The maximum absolute atomic E-state index is 13.0. The molecule has 0 radical (unpaired) electrons. The summed E-state index contributed by atoms with van der Waals surface area (Å²) in [7, 11) is 0. The van der Waals surface area contributed by atoms with Crippen molar-refractivity contribution in [3.63, 3.8) is 0 Å². The van der Waals surface area contributed by atoms with Crippen molar-refractivity contribution in [2.45, 2.75) is 12.6 Å². The molecular formula is C12H12BrFN2O3. The van der Waals surface area contributed by atoms with Crippen LogP contribution in [-0.2, 0) is 16.1 Å². The number of carboxylic acids is 1. The molecule has 0 spiro atoms. The summed E-state index contributed by atoms with van der Waals surface area (Å²) in [5.41, 5.74) is 0.738. The molecule has 0 aliphatic carbocycles. The van der Waals surface area contributed by atoms with Gasteiger partial charge >= 0.3 is 5.97 Å². The number of carbonyl (C=O) groups is 2. The van der Waals surface area contributed by atoms with Crippen molar-refractivity contribution in [2.75, 3.05) is 13.1 Å². The van der Waals surface area contributed by atoms with Gasteiger partial charge in [0.1, 0.15) is 11.9 Å². The van der Waals surface area contributed by atoms with E-state index < -0.39 is 12.0 Å². The lowest BCUT2D eigenvalue weighted by molar-refractivity contribution is -0.146. The number of aliphatic carboxylic acids is 1.